The van der Waals surface area contributed by atoms with Crippen molar-refractivity contribution in [1.29, 1.82) is 0 Å². The number of benzene rings is 2. The largest absolute Gasteiger partial charge is 0.398 e. The van der Waals surface area contributed by atoms with Crippen molar-refractivity contribution < 1.29 is 8.42 Å². The lowest BCUT2D eigenvalue weighted by Crippen LogP contribution is -2.16. The van der Waals surface area contributed by atoms with Gasteiger partial charge < -0.3 is 5.73 Å². The summed E-state index contributed by atoms with van der Waals surface area (Å²) in [5.41, 5.74) is 7.70. The van der Waals surface area contributed by atoms with Crippen molar-refractivity contribution in [2.45, 2.75) is 18.7 Å². The summed E-state index contributed by atoms with van der Waals surface area (Å²) < 4.78 is 28.5. The number of anilines is 2. The topological polar surface area (TPSA) is 72.2 Å². The van der Waals surface area contributed by atoms with Gasteiger partial charge in [-0.05, 0) is 49.2 Å². The van der Waals surface area contributed by atoms with Gasteiger partial charge in [0, 0.05) is 10.2 Å². The molecule has 0 amide bonds. The Morgan fingerprint density at radius 3 is 2.52 bits per heavy atom. The smallest absolute Gasteiger partial charge is 0.262 e. The standard InChI is InChI=1S/C14H14BrClN2O2S/c1-8-3-6-12(17)9(2)14(8)21(19,20)18-13-7-10(15)4-5-11(13)16/h3-7,18H,17H2,1-2H3. The molecule has 2 aromatic carbocycles. The third-order valence-electron chi connectivity index (χ3n) is 3.09. The van der Waals surface area contributed by atoms with Crippen LogP contribution in [0.5, 0.6) is 0 Å². The minimum absolute atomic E-state index is 0.179. The van der Waals surface area contributed by atoms with Crippen LogP contribution in [0.3, 0.4) is 0 Å². The molecule has 21 heavy (non-hydrogen) atoms. The van der Waals surface area contributed by atoms with Crippen molar-refractivity contribution in [3.8, 4) is 0 Å². The fourth-order valence-electron chi connectivity index (χ4n) is 2.03. The average Bonchev–Trinajstić information content (AvgIpc) is 2.38. The third kappa shape index (κ3) is 3.33. The number of sulfonamides is 1. The molecule has 0 unspecified atom stereocenters. The first-order chi connectivity index (χ1) is 9.72. The van der Waals surface area contributed by atoms with Gasteiger partial charge in [0.15, 0.2) is 0 Å². The van der Waals surface area contributed by atoms with E-state index >= 15 is 0 Å². The molecule has 0 spiro atoms. The first-order valence-corrected chi connectivity index (χ1v) is 8.71. The molecule has 2 aromatic rings. The van der Waals surface area contributed by atoms with Gasteiger partial charge in [0.25, 0.3) is 10.0 Å². The molecule has 2 rings (SSSR count). The van der Waals surface area contributed by atoms with Gasteiger partial charge in [-0.25, -0.2) is 8.42 Å². The van der Waals surface area contributed by atoms with Crippen molar-refractivity contribution >= 4 is 48.9 Å². The van der Waals surface area contributed by atoms with Crippen LogP contribution >= 0.6 is 27.5 Å². The van der Waals surface area contributed by atoms with Gasteiger partial charge >= 0.3 is 0 Å². The molecule has 0 aliphatic carbocycles. The van der Waals surface area contributed by atoms with Crippen LogP contribution in [-0.4, -0.2) is 8.42 Å². The fraction of sp³-hybridized carbons (Fsp3) is 0.143. The second-order valence-corrected chi connectivity index (χ2v) is 7.60. The van der Waals surface area contributed by atoms with Crippen LogP contribution in [-0.2, 0) is 10.0 Å². The molecule has 0 bridgehead atoms. The predicted octanol–water partition coefficient (Wildman–Crippen LogP) is 4.10. The fourth-order valence-corrected chi connectivity index (χ4v) is 4.18. The number of rotatable bonds is 3. The maximum absolute atomic E-state index is 12.6. The molecular formula is C14H14BrClN2O2S. The zero-order valence-electron chi connectivity index (χ0n) is 11.4. The van der Waals surface area contributed by atoms with Gasteiger partial charge in [0.2, 0.25) is 0 Å². The molecule has 4 nitrogen and oxygen atoms in total. The molecule has 0 fully saturated rings. The van der Waals surface area contributed by atoms with Gasteiger partial charge in [0.1, 0.15) is 0 Å². The molecule has 0 atom stereocenters. The summed E-state index contributed by atoms with van der Waals surface area (Å²) >= 11 is 9.32. The van der Waals surface area contributed by atoms with Crippen molar-refractivity contribution in [1.82, 2.24) is 0 Å². The van der Waals surface area contributed by atoms with Gasteiger partial charge in [-0.2, -0.15) is 0 Å². The lowest BCUT2D eigenvalue weighted by molar-refractivity contribution is 0.600. The summed E-state index contributed by atoms with van der Waals surface area (Å²) in [7, 11) is -3.77. The Kier molecular flexibility index (Phi) is 4.51. The molecule has 0 aliphatic heterocycles. The lowest BCUT2D eigenvalue weighted by Gasteiger charge is -2.15. The zero-order chi connectivity index (χ0) is 15.8. The highest BCUT2D eigenvalue weighted by Crippen LogP contribution is 2.31. The molecule has 112 valence electrons. The molecule has 7 heteroatoms. The number of nitrogens with two attached hydrogens (primary N) is 1. The number of nitrogens with one attached hydrogen (secondary N) is 1. The van der Waals surface area contributed by atoms with E-state index in [9.17, 15) is 8.42 Å². The highest BCUT2D eigenvalue weighted by atomic mass is 79.9. The van der Waals surface area contributed by atoms with Crippen LogP contribution < -0.4 is 10.5 Å². The van der Waals surface area contributed by atoms with E-state index in [1.807, 2.05) is 0 Å². The number of aryl methyl sites for hydroxylation is 1. The van der Waals surface area contributed by atoms with Crippen LogP contribution in [0, 0.1) is 13.8 Å². The first kappa shape index (κ1) is 16.1. The van der Waals surface area contributed by atoms with E-state index in [0.29, 0.717) is 27.5 Å². The second-order valence-electron chi connectivity index (χ2n) is 4.66. The van der Waals surface area contributed by atoms with E-state index in [-0.39, 0.29) is 4.90 Å². The van der Waals surface area contributed by atoms with Gasteiger partial charge in [0.05, 0.1) is 15.6 Å². The van der Waals surface area contributed by atoms with Crippen LogP contribution in [0.15, 0.2) is 39.7 Å². The van der Waals surface area contributed by atoms with Crippen molar-refractivity contribution in [2.75, 3.05) is 10.5 Å². The van der Waals surface area contributed by atoms with Crippen LogP contribution in [0.2, 0.25) is 5.02 Å². The Morgan fingerprint density at radius 2 is 1.86 bits per heavy atom. The molecule has 0 aliphatic rings. The minimum Gasteiger partial charge on any atom is -0.398 e. The van der Waals surface area contributed by atoms with Gasteiger partial charge in [-0.1, -0.05) is 33.6 Å². The Balaban J connectivity index is 2.54. The van der Waals surface area contributed by atoms with E-state index in [1.54, 1.807) is 44.2 Å². The van der Waals surface area contributed by atoms with Crippen LogP contribution in [0.1, 0.15) is 11.1 Å². The van der Waals surface area contributed by atoms with Gasteiger partial charge in [-0.3, -0.25) is 4.72 Å². The Hall–Kier alpha value is -1.24. The number of nitrogen functional groups attached to an aromatic ring is 1. The summed E-state index contributed by atoms with van der Waals surface area (Å²) in [5.74, 6) is 0. The molecular weight excluding hydrogens is 376 g/mol. The number of halogens is 2. The highest BCUT2D eigenvalue weighted by Gasteiger charge is 2.22. The summed E-state index contributed by atoms with van der Waals surface area (Å²) in [6.45, 7) is 3.41. The van der Waals surface area contributed by atoms with Crippen molar-refractivity contribution in [3.05, 3.63) is 51.0 Å². The van der Waals surface area contributed by atoms with E-state index in [0.717, 1.165) is 4.47 Å². The Labute approximate surface area is 137 Å². The number of hydrogen-bond acceptors (Lipinski definition) is 3. The maximum Gasteiger partial charge on any atom is 0.262 e. The second kappa shape index (κ2) is 5.87. The summed E-state index contributed by atoms with van der Waals surface area (Å²) in [6, 6.07) is 8.33. The summed E-state index contributed by atoms with van der Waals surface area (Å²) in [6.07, 6.45) is 0. The summed E-state index contributed by atoms with van der Waals surface area (Å²) in [5, 5.41) is 0.320. The third-order valence-corrected chi connectivity index (χ3v) is 5.56. The maximum atomic E-state index is 12.6. The molecule has 0 saturated heterocycles. The molecule has 0 radical (unpaired) electrons. The summed E-state index contributed by atoms with van der Waals surface area (Å²) in [4.78, 5) is 0.179. The minimum atomic E-state index is -3.77. The lowest BCUT2D eigenvalue weighted by atomic mass is 10.1. The predicted molar refractivity (Wildman–Crippen MR) is 90.3 cm³/mol. The SMILES string of the molecule is Cc1ccc(N)c(C)c1S(=O)(=O)Nc1cc(Br)ccc1Cl. The normalized spacial score (nSPS) is 11.4. The average molecular weight is 390 g/mol. The molecule has 0 heterocycles. The van der Waals surface area contributed by atoms with E-state index in [2.05, 4.69) is 20.7 Å². The van der Waals surface area contributed by atoms with E-state index in [1.165, 1.54) is 0 Å². The van der Waals surface area contributed by atoms with Crippen LogP contribution in [0.4, 0.5) is 11.4 Å². The zero-order valence-corrected chi connectivity index (χ0v) is 14.6. The highest BCUT2D eigenvalue weighted by molar-refractivity contribution is 9.10. The van der Waals surface area contributed by atoms with Crippen molar-refractivity contribution in [3.63, 3.8) is 0 Å². The van der Waals surface area contributed by atoms with Crippen LogP contribution in [0.25, 0.3) is 0 Å². The van der Waals surface area contributed by atoms with E-state index in [4.69, 9.17) is 17.3 Å². The number of hydrogen-bond donors (Lipinski definition) is 2. The van der Waals surface area contributed by atoms with Crippen molar-refractivity contribution in [2.24, 2.45) is 0 Å². The van der Waals surface area contributed by atoms with E-state index < -0.39 is 10.0 Å². The van der Waals surface area contributed by atoms with Gasteiger partial charge in [-0.15, -0.1) is 0 Å². The molecule has 3 N–H and O–H groups in total. The molecule has 0 saturated carbocycles. The Morgan fingerprint density at radius 1 is 1.19 bits per heavy atom. The monoisotopic (exact) mass is 388 g/mol. The quantitative estimate of drug-likeness (QED) is 0.776. The molecule has 0 aromatic heterocycles. The first-order valence-electron chi connectivity index (χ1n) is 6.06. The Bertz CT molecular complexity index is 807.